The Bertz CT molecular complexity index is 460. The summed E-state index contributed by atoms with van der Waals surface area (Å²) in [5, 5.41) is 3.53. The summed E-state index contributed by atoms with van der Waals surface area (Å²) in [6.45, 7) is 10.0. The van der Waals surface area contributed by atoms with Crippen molar-refractivity contribution >= 4 is 5.69 Å². The SMILES string of the molecule is CC(C)C1CN(c2cccc(F)c2F)C(C(C)C)CN1. The Kier molecular flexibility index (Phi) is 4.63. The minimum absolute atomic E-state index is 0.182. The Morgan fingerprint density at radius 1 is 1.15 bits per heavy atom. The molecule has 112 valence electrons. The van der Waals surface area contributed by atoms with Crippen LogP contribution in [0.2, 0.25) is 0 Å². The van der Waals surface area contributed by atoms with Crippen molar-refractivity contribution < 1.29 is 8.78 Å². The fourth-order valence-corrected chi connectivity index (χ4v) is 2.83. The van der Waals surface area contributed by atoms with Crippen LogP contribution in [0.1, 0.15) is 27.7 Å². The largest absolute Gasteiger partial charge is 0.363 e. The van der Waals surface area contributed by atoms with Crippen LogP contribution < -0.4 is 10.2 Å². The van der Waals surface area contributed by atoms with E-state index in [-0.39, 0.29) is 6.04 Å². The number of hydrogen-bond donors (Lipinski definition) is 1. The van der Waals surface area contributed by atoms with Crippen LogP contribution in [0.3, 0.4) is 0 Å². The smallest absolute Gasteiger partial charge is 0.182 e. The molecule has 1 aliphatic heterocycles. The molecule has 0 aromatic heterocycles. The summed E-state index contributed by atoms with van der Waals surface area (Å²) in [4.78, 5) is 2.03. The van der Waals surface area contributed by atoms with Crippen LogP contribution in [0.15, 0.2) is 18.2 Å². The third-order valence-corrected chi connectivity index (χ3v) is 4.20. The van der Waals surface area contributed by atoms with E-state index >= 15 is 0 Å². The van der Waals surface area contributed by atoms with E-state index in [9.17, 15) is 8.78 Å². The average molecular weight is 282 g/mol. The zero-order valence-electron chi connectivity index (χ0n) is 12.7. The highest BCUT2D eigenvalue weighted by atomic mass is 19.2. The zero-order valence-corrected chi connectivity index (χ0v) is 12.7. The van der Waals surface area contributed by atoms with E-state index in [1.165, 1.54) is 6.07 Å². The third kappa shape index (κ3) is 2.95. The van der Waals surface area contributed by atoms with Gasteiger partial charge in [-0.1, -0.05) is 33.8 Å². The molecule has 1 N–H and O–H groups in total. The molecule has 0 saturated carbocycles. The second-order valence-electron chi connectivity index (χ2n) is 6.30. The van der Waals surface area contributed by atoms with Gasteiger partial charge in [0, 0.05) is 25.2 Å². The molecule has 1 aromatic rings. The van der Waals surface area contributed by atoms with E-state index in [2.05, 4.69) is 33.0 Å². The molecular formula is C16H24F2N2. The van der Waals surface area contributed by atoms with Crippen molar-refractivity contribution in [3.63, 3.8) is 0 Å². The van der Waals surface area contributed by atoms with Gasteiger partial charge in [-0.25, -0.2) is 8.78 Å². The van der Waals surface area contributed by atoms with Crippen molar-refractivity contribution in [3.8, 4) is 0 Å². The Hall–Kier alpha value is -1.16. The standard InChI is InChI=1S/C16H24F2N2/c1-10(2)13-9-20(15(8-19-13)11(3)4)14-7-5-6-12(17)16(14)18/h5-7,10-11,13,15,19H,8-9H2,1-4H3. The van der Waals surface area contributed by atoms with Gasteiger partial charge in [0.1, 0.15) is 0 Å². The van der Waals surface area contributed by atoms with Crippen molar-refractivity contribution in [2.75, 3.05) is 18.0 Å². The van der Waals surface area contributed by atoms with E-state index in [1.807, 2.05) is 4.90 Å². The van der Waals surface area contributed by atoms with Gasteiger partial charge in [0.15, 0.2) is 11.6 Å². The molecule has 0 aliphatic carbocycles. The summed E-state index contributed by atoms with van der Waals surface area (Å²) in [5.74, 6) is -0.673. The summed E-state index contributed by atoms with van der Waals surface area (Å²) in [5.41, 5.74) is 0.385. The first-order chi connectivity index (χ1) is 9.41. The van der Waals surface area contributed by atoms with E-state index < -0.39 is 11.6 Å². The molecule has 0 bridgehead atoms. The lowest BCUT2D eigenvalue weighted by Gasteiger charge is -2.45. The molecule has 1 saturated heterocycles. The van der Waals surface area contributed by atoms with Crippen LogP contribution in [0, 0.1) is 23.5 Å². The van der Waals surface area contributed by atoms with E-state index in [1.54, 1.807) is 12.1 Å². The highest BCUT2D eigenvalue weighted by Gasteiger charge is 2.32. The van der Waals surface area contributed by atoms with Gasteiger partial charge in [-0.15, -0.1) is 0 Å². The predicted molar refractivity (Wildman–Crippen MR) is 79.0 cm³/mol. The molecule has 4 heteroatoms. The van der Waals surface area contributed by atoms with E-state index in [4.69, 9.17) is 0 Å². The lowest BCUT2D eigenvalue weighted by atomic mass is 9.93. The average Bonchev–Trinajstić information content (AvgIpc) is 2.41. The summed E-state index contributed by atoms with van der Waals surface area (Å²) < 4.78 is 27.6. The molecule has 1 aromatic carbocycles. The van der Waals surface area contributed by atoms with E-state index in [0.717, 1.165) is 6.54 Å². The number of halogens is 2. The van der Waals surface area contributed by atoms with Crippen LogP contribution in [0.5, 0.6) is 0 Å². The number of anilines is 1. The maximum absolute atomic E-state index is 14.1. The first kappa shape index (κ1) is 15.2. The minimum atomic E-state index is -0.773. The first-order valence-electron chi connectivity index (χ1n) is 7.35. The molecule has 1 heterocycles. The number of nitrogens with zero attached hydrogens (tertiary/aromatic N) is 1. The Morgan fingerprint density at radius 3 is 2.45 bits per heavy atom. The molecule has 0 radical (unpaired) electrons. The quantitative estimate of drug-likeness (QED) is 0.914. The lowest BCUT2D eigenvalue weighted by Crippen LogP contribution is -2.60. The second kappa shape index (κ2) is 6.08. The number of hydrogen-bond acceptors (Lipinski definition) is 2. The molecule has 1 fully saturated rings. The summed E-state index contributed by atoms with van der Waals surface area (Å²) in [6.07, 6.45) is 0. The van der Waals surface area contributed by atoms with Crippen molar-refractivity contribution in [3.05, 3.63) is 29.8 Å². The monoisotopic (exact) mass is 282 g/mol. The first-order valence-corrected chi connectivity index (χ1v) is 7.35. The molecule has 1 aliphatic rings. The van der Waals surface area contributed by atoms with E-state index in [0.29, 0.717) is 30.1 Å². The van der Waals surface area contributed by atoms with Gasteiger partial charge in [0.25, 0.3) is 0 Å². The van der Waals surface area contributed by atoms with Gasteiger partial charge in [-0.05, 0) is 24.0 Å². The highest BCUT2D eigenvalue weighted by Crippen LogP contribution is 2.28. The molecule has 20 heavy (non-hydrogen) atoms. The van der Waals surface area contributed by atoms with Crippen LogP contribution in [-0.4, -0.2) is 25.2 Å². The predicted octanol–water partition coefficient (Wildman–Crippen LogP) is 3.42. The number of nitrogens with one attached hydrogen (secondary N) is 1. The Balaban J connectivity index is 2.34. The molecule has 0 spiro atoms. The summed E-state index contributed by atoms with van der Waals surface area (Å²) in [7, 11) is 0. The van der Waals surface area contributed by atoms with Crippen LogP contribution in [-0.2, 0) is 0 Å². The Labute approximate surface area is 120 Å². The van der Waals surface area contributed by atoms with Gasteiger partial charge in [0.2, 0.25) is 0 Å². The third-order valence-electron chi connectivity index (χ3n) is 4.20. The molecule has 0 amide bonds. The molecule has 2 rings (SSSR count). The van der Waals surface area contributed by atoms with Crippen molar-refractivity contribution in [2.45, 2.75) is 39.8 Å². The molecular weight excluding hydrogens is 258 g/mol. The van der Waals surface area contributed by atoms with Gasteiger partial charge >= 0.3 is 0 Å². The lowest BCUT2D eigenvalue weighted by molar-refractivity contribution is 0.293. The highest BCUT2D eigenvalue weighted by molar-refractivity contribution is 5.50. The minimum Gasteiger partial charge on any atom is -0.363 e. The number of rotatable bonds is 3. The zero-order chi connectivity index (χ0) is 14.9. The van der Waals surface area contributed by atoms with Gasteiger partial charge in [-0.3, -0.25) is 0 Å². The Morgan fingerprint density at radius 2 is 1.85 bits per heavy atom. The van der Waals surface area contributed by atoms with Crippen molar-refractivity contribution in [2.24, 2.45) is 11.8 Å². The maximum atomic E-state index is 14.1. The molecule has 2 unspecified atom stereocenters. The van der Waals surface area contributed by atoms with Crippen LogP contribution in [0.25, 0.3) is 0 Å². The van der Waals surface area contributed by atoms with Gasteiger partial charge in [0.05, 0.1) is 5.69 Å². The van der Waals surface area contributed by atoms with Crippen molar-refractivity contribution in [1.29, 1.82) is 0 Å². The van der Waals surface area contributed by atoms with Crippen LogP contribution >= 0.6 is 0 Å². The fraction of sp³-hybridized carbons (Fsp3) is 0.625. The fourth-order valence-electron chi connectivity index (χ4n) is 2.83. The second-order valence-corrected chi connectivity index (χ2v) is 6.30. The topological polar surface area (TPSA) is 15.3 Å². The number of piperazine rings is 1. The van der Waals surface area contributed by atoms with Crippen molar-refractivity contribution in [1.82, 2.24) is 5.32 Å². The maximum Gasteiger partial charge on any atom is 0.182 e. The number of benzene rings is 1. The summed E-state index contributed by atoms with van der Waals surface area (Å²) >= 11 is 0. The normalized spacial score (nSPS) is 23.7. The van der Waals surface area contributed by atoms with Gasteiger partial charge < -0.3 is 10.2 Å². The summed E-state index contributed by atoms with van der Waals surface area (Å²) in [6, 6.07) is 4.91. The van der Waals surface area contributed by atoms with Crippen LogP contribution in [0.4, 0.5) is 14.5 Å². The molecule has 2 nitrogen and oxygen atoms in total. The van der Waals surface area contributed by atoms with Gasteiger partial charge in [-0.2, -0.15) is 0 Å². The molecule has 2 atom stereocenters.